The third-order valence-electron chi connectivity index (χ3n) is 4.42. The Kier molecular flexibility index (Phi) is 22.0. The first-order chi connectivity index (χ1) is 10.9. The average molecular weight is 345 g/mol. The number of alkyl halides is 1. The molecule has 0 fully saturated rings. The fraction of sp³-hybridized carbons (Fsp3) is 0.950. The fourth-order valence-corrected chi connectivity index (χ4v) is 3.30. The SMILES string of the molecule is P#CCCCCCCCCCCCCCCCCCCCCl. The Hall–Kier alpha value is 0.500. The summed E-state index contributed by atoms with van der Waals surface area (Å²) >= 11 is 5.67. The molecular formula is C20H38ClP. The summed E-state index contributed by atoms with van der Waals surface area (Å²) in [4.78, 5) is 0. The first-order valence-electron chi connectivity index (χ1n) is 9.84. The van der Waals surface area contributed by atoms with E-state index in [2.05, 4.69) is 14.3 Å². The number of halogens is 1. The van der Waals surface area contributed by atoms with Gasteiger partial charge in [0, 0.05) is 5.88 Å². The Labute approximate surface area is 147 Å². The topological polar surface area (TPSA) is 0 Å². The number of unbranched alkanes of at least 4 members (excludes halogenated alkanes) is 17. The molecule has 0 aliphatic carbocycles. The molecule has 0 unspecified atom stereocenters. The summed E-state index contributed by atoms with van der Waals surface area (Å²) in [7, 11) is 4.00. The van der Waals surface area contributed by atoms with Crippen molar-refractivity contribution in [3.05, 3.63) is 0 Å². The van der Waals surface area contributed by atoms with E-state index < -0.39 is 0 Å². The van der Waals surface area contributed by atoms with Gasteiger partial charge in [-0.05, 0) is 6.42 Å². The predicted octanol–water partition coefficient (Wildman–Crippen LogP) is 8.62. The molecule has 0 rings (SSSR count). The molecule has 0 saturated heterocycles. The second-order valence-corrected chi connectivity index (χ2v) is 7.30. The summed E-state index contributed by atoms with van der Waals surface area (Å²) in [6, 6.07) is 0. The van der Waals surface area contributed by atoms with Gasteiger partial charge in [-0.2, -0.15) is 0 Å². The van der Waals surface area contributed by atoms with E-state index in [9.17, 15) is 0 Å². The van der Waals surface area contributed by atoms with Crippen LogP contribution in [0.1, 0.15) is 116 Å². The van der Waals surface area contributed by atoms with Crippen LogP contribution in [-0.4, -0.2) is 5.88 Å². The van der Waals surface area contributed by atoms with E-state index >= 15 is 0 Å². The van der Waals surface area contributed by atoms with E-state index in [1.807, 2.05) is 0 Å². The first kappa shape index (κ1) is 22.5. The fourth-order valence-electron chi connectivity index (χ4n) is 2.95. The van der Waals surface area contributed by atoms with Crippen LogP contribution in [-0.2, 0) is 0 Å². The van der Waals surface area contributed by atoms with Gasteiger partial charge in [-0.1, -0.05) is 38.5 Å². The van der Waals surface area contributed by atoms with E-state index in [0.717, 1.165) is 12.3 Å². The van der Waals surface area contributed by atoms with Crippen molar-refractivity contribution in [3.8, 4) is 5.63 Å². The minimum atomic E-state index is 0.841. The zero-order valence-electron chi connectivity index (χ0n) is 14.8. The van der Waals surface area contributed by atoms with Crippen LogP contribution in [0.5, 0.6) is 0 Å². The van der Waals surface area contributed by atoms with E-state index in [0.29, 0.717) is 0 Å². The van der Waals surface area contributed by atoms with E-state index in [4.69, 9.17) is 11.6 Å². The Morgan fingerprint density at radius 2 is 0.727 bits per heavy atom. The summed E-state index contributed by atoms with van der Waals surface area (Å²) < 4.78 is 0. The summed E-state index contributed by atoms with van der Waals surface area (Å²) in [5.74, 6) is 0.841. The Bertz CT molecular complexity index is 234. The second-order valence-electron chi connectivity index (χ2n) is 6.61. The van der Waals surface area contributed by atoms with Crippen LogP contribution in [0, 0.1) is 5.63 Å². The molecule has 0 aliphatic heterocycles. The molecule has 0 aliphatic rings. The van der Waals surface area contributed by atoms with E-state index in [-0.39, 0.29) is 0 Å². The predicted molar refractivity (Wildman–Crippen MR) is 105 cm³/mol. The van der Waals surface area contributed by atoms with Crippen molar-refractivity contribution in [3.63, 3.8) is 0 Å². The summed E-state index contributed by atoms with van der Waals surface area (Å²) in [6.07, 6.45) is 24.9. The van der Waals surface area contributed by atoms with Gasteiger partial charge in [-0.3, -0.25) is 0 Å². The quantitative estimate of drug-likeness (QED) is 0.132. The molecule has 0 spiro atoms. The van der Waals surface area contributed by atoms with Crippen molar-refractivity contribution in [2.75, 3.05) is 5.88 Å². The van der Waals surface area contributed by atoms with Crippen molar-refractivity contribution in [1.82, 2.24) is 0 Å². The molecule has 0 saturated carbocycles. The zero-order valence-corrected chi connectivity index (χ0v) is 16.4. The van der Waals surface area contributed by atoms with Gasteiger partial charge in [0.05, 0.1) is 0 Å². The van der Waals surface area contributed by atoms with E-state index in [1.165, 1.54) is 109 Å². The van der Waals surface area contributed by atoms with Crippen LogP contribution in [0.4, 0.5) is 0 Å². The molecule has 130 valence electrons. The van der Waals surface area contributed by atoms with Crippen molar-refractivity contribution in [2.45, 2.75) is 116 Å². The molecule has 0 atom stereocenters. The smallest absolute Gasteiger partial charge is 0.127 e. The molecule has 0 nitrogen and oxygen atoms in total. The third kappa shape index (κ3) is 20.5. The summed E-state index contributed by atoms with van der Waals surface area (Å²) in [5, 5.41) is 0. The Balaban J connectivity index is 2.93. The molecule has 2 heteroatoms. The van der Waals surface area contributed by atoms with Gasteiger partial charge in [0.25, 0.3) is 0 Å². The van der Waals surface area contributed by atoms with Gasteiger partial charge in [0.15, 0.2) is 0 Å². The van der Waals surface area contributed by atoms with Crippen LogP contribution in [0.15, 0.2) is 0 Å². The molecule has 22 heavy (non-hydrogen) atoms. The first-order valence-corrected chi connectivity index (χ1v) is 10.8. The van der Waals surface area contributed by atoms with Gasteiger partial charge in [-0.15, -0.1) is 11.6 Å². The molecule has 0 aromatic carbocycles. The molecule has 0 amide bonds. The molecular weight excluding hydrogens is 307 g/mol. The zero-order chi connectivity index (χ0) is 16.1. The van der Waals surface area contributed by atoms with Gasteiger partial charge < -0.3 is 0 Å². The molecule has 0 aromatic rings. The molecule has 0 bridgehead atoms. The van der Waals surface area contributed by atoms with Gasteiger partial charge in [-0.25, -0.2) is 0 Å². The van der Waals surface area contributed by atoms with Crippen LogP contribution >= 0.6 is 20.3 Å². The van der Waals surface area contributed by atoms with E-state index in [1.54, 1.807) is 0 Å². The maximum absolute atomic E-state index is 5.67. The minimum Gasteiger partial charge on any atom is -0.127 e. The number of hydrogen-bond donors (Lipinski definition) is 0. The molecule has 0 radical (unpaired) electrons. The molecule has 0 heterocycles. The molecule has 0 N–H and O–H groups in total. The van der Waals surface area contributed by atoms with Gasteiger partial charge >= 0.3 is 85.0 Å². The summed E-state index contributed by atoms with van der Waals surface area (Å²) in [6.45, 7) is 0. The van der Waals surface area contributed by atoms with Gasteiger partial charge in [0.1, 0.15) is 0 Å². The third-order valence-corrected chi connectivity index (χ3v) is 4.91. The van der Waals surface area contributed by atoms with Crippen molar-refractivity contribution >= 4 is 20.3 Å². The van der Waals surface area contributed by atoms with Crippen LogP contribution in [0.2, 0.25) is 0 Å². The van der Waals surface area contributed by atoms with Gasteiger partial charge in [0.2, 0.25) is 0 Å². The number of rotatable bonds is 18. The van der Waals surface area contributed by atoms with Crippen LogP contribution in [0.25, 0.3) is 0 Å². The molecule has 0 aromatic heterocycles. The Morgan fingerprint density at radius 1 is 0.455 bits per heavy atom. The van der Waals surface area contributed by atoms with Crippen LogP contribution in [0.3, 0.4) is 0 Å². The second kappa shape index (κ2) is 21.5. The minimum absolute atomic E-state index is 0.841. The van der Waals surface area contributed by atoms with Crippen molar-refractivity contribution in [2.24, 2.45) is 0 Å². The number of hydrogen-bond acceptors (Lipinski definition) is 0. The average Bonchev–Trinajstić information content (AvgIpc) is 2.54. The normalized spacial score (nSPS) is 10.7. The van der Waals surface area contributed by atoms with Crippen LogP contribution < -0.4 is 0 Å². The summed E-state index contributed by atoms with van der Waals surface area (Å²) in [5.41, 5.74) is 2.91. The Morgan fingerprint density at radius 3 is 1.00 bits per heavy atom. The maximum atomic E-state index is 5.67. The standard InChI is InChI=1S/C20H38ClP/c21-19-17-15-13-11-9-7-5-3-1-2-4-6-8-10-12-14-16-18-20-22/h1-19H2. The van der Waals surface area contributed by atoms with Crippen molar-refractivity contribution in [1.29, 1.82) is 0 Å². The van der Waals surface area contributed by atoms with Crippen molar-refractivity contribution < 1.29 is 0 Å². The monoisotopic (exact) mass is 344 g/mol.